The molecule has 2 fully saturated rings. The number of Topliss-reactive ketones (excluding diaryl/α,β-unsaturated/α-hetero) is 1. The third kappa shape index (κ3) is 7.00. The van der Waals surface area contributed by atoms with Crippen molar-refractivity contribution in [3.8, 4) is 0 Å². The molecule has 0 bridgehead atoms. The van der Waals surface area contributed by atoms with Crippen molar-refractivity contribution < 1.29 is 29.0 Å². The van der Waals surface area contributed by atoms with Crippen LogP contribution in [0.4, 0.5) is 0 Å². The van der Waals surface area contributed by atoms with E-state index in [2.05, 4.69) is 9.47 Å². The van der Waals surface area contributed by atoms with Gasteiger partial charge in [-0.25, -0.2) is 9.59 Å². The standard InChI is InChI=1S/C14H18O3.C14H16O3/c2*1-9-3-6-11(14(16)17-2)8-12(9)13(15)7-10-4-5-10/h3,6,8,10,13,15H,4-5,7H2,1-2H3;3,6,8,10H,4-5,7H2,1-2H3. The van der Waals surface area contributed by atoms with Gasteiger partial charge in [0.15, 0.2) is 5.78 Å². The molecule has 2 aliphatic rings. The lowest BCUT2D eigenvalue weighted by Crippen LogP contribution is -2.07. The number of carbonyl (C=O) groups is 3. The Morgan fingerprint density at radius 1 is 0.853 bits per heavy atom. The first kappa shape index (κ1) is 25.6. The molecule has 182 valence electrons. The van der Waals surface area contributed by atoms with Gasteiger partial charge in [-0.15, -0.1) is 0 Å². The summed E-state index contributed by atoms with van der Waals surface area (Å²) in [6, 6.07) is 10.5. The second kappa shape index (κ2) is 11.4. The monoisotopic (exact) mass is 466 g/mol. The summed E-state index contributed by atoms with van der Waals surface area (Å²) in [7, 11) is 2.70. The Kier molecular flexibility index (Phi) is 8.61. The highest BCUT2D eigenvalue weighted by Crippen LogP contribution is 2.38. The van der Waals surface area contributed by atoms with Crippen LogP contribution in [0.25, 0.3) is 0 Å². The van der Waals surface area contributed by atoms with Gasteiger partial charge >= 0.3 is 11.9 Å². The zero-order valence-electron chi connectivity index (χ0n) is 20.4. The lowest BCUT2D eigenvalue weighted by molar-refractivity contribution is 0.0591. The van der Waals surface area contributed by atoms with Crippen LogP contribution in [0.5, 0.6) is 0 Å². The molecule has 1 unspecified atom stereocenters. The highest BCUT2D eigenvalue weighted by atomic mass is 16.5. The molecule has 2 saturated carbocycles. The summed E-state index contributed by atoms with van der Waals surface area (Å²) in [6.45, 7) is 3.84. The van der Waals surface area contributed by atoms with Gasteiger partial charge < -0.3 is 14.6 Å². The Hall–Kier alpha value is -2.99. The summed E-state index contributed by atoms with van der Waals surface area (Å²) in [5, 5.41) is 10.1. The number of ether oxygens (including phenoxy) is 2. The zero-order chi connectivity index (χ0) is 24.8. The van der Waals surface area contributed by atoms with Gasteiger partial charge in [-0.1, -0.05) is 25.0 Å². The topological polar surface area (TPSA) is 89.9 Å². The molecule has 0 aromatic heterocycles. The van der Waals surface area contributed by atoms with E-state index in [4.69, 9.17) is 0 Å². The van der Waals surface area contributed by atoms with E-state index < -0.39 is 12.1 Å². The van der Waals surface area contributed by atoms with E-state index in [1.165, 1.54) is 27.1 Å². The molecule has 4 rings (SSSR count). The lowest BCUT2D eigenvalue weighted by atomic mass is 9.97. The smallest absolute Gasteiger partial charge is 0.337 e. The fourth-order valence-electron chi connectivity index (χ4n) is 3.90. The number of hydrogen-bond acceptors (Lipinski definition) is 6. The summed E-state index contributed by atoms with van der Waals surface area (Å²) >= 11 is 0. The molecule has 1 atom stereocenters. The van der Waals surface area contributed by atoms with E-state index in [9.17, 15) is 19.5 Å². The van der Waals surface area contributed by atoms with Crippen molar-refractivity contribution in [2.45, 2.75) is 58.5 Å². The van der Waals surface area contributed by atoms with Crippen LogP contribution in [-0.2, 0) is 9.47 Å². The van der Waals surface area contributed by atoms with Crippen LogP contribution in [0.1, 0.15) is 92.4 Å². The molecule has 0 saturated heterocycles. The molecular formula is C28H34O6. The van der Waals surface area contributed by atoms with E-state index >= 15 is 0 Å². The Balaban J connectivity index is 0.000000191. The number of aryl methyl sites for hydroxylation is 2. The summed E-state index contributed by atoms with van der Waals surface area (Å²) in [5.41, 5.74) is 4.38. The van der Waals surface area contributed by atoms with Crippen LogP contribution in [0, 0.1) is 25.7 Å². The molecule has 6 heteroatoms. The normalized spacial score (nSPS) is 15.6. The maximum absolute atomic E-state index is 12.0. The number of esters is 2. The predicted octanol–water partition coefficient (Wildman–Crippen LogP) is 5.38. The summed E-state index contributed by atoms with van der Waals surface area (Å²) in [4.78, 5) is 34.9. The first-order valence-corrected chi connectivity index (χ1v) is 11.8. The fraction of sp³-hybridized carbons (Fsp3) is 0.464. The highest BCUT2D eigenvalue weighted by Gasteiger charge is 2.27. The maximum atomic E-state index is 12.0. The van der Waals surface area contributed by atoms with Crippen LogP contribution in [-0.4, -0.2) is 37.0 Å². The number of methoxy groups -OCH3 is 2. The van der Waals surface area contributed by atoms with Crippen LogP contribution in [0.3, 0.4) is 0 Å². The van der Waals surface area contributed by atoms with Gasteiger partial charge in [0.2, 0.25) is 0 Å². The Labute approximate surface area is 201 Å². The van der Waals surface area contributed by atoms with E-state index in [0.29, 0.717) is 34.9 Å². The highest BCUT2D eigenvalue weighted by molar-refractivity contribution is 6.00. The van der Waals surface area contributed by atoms with Crippen molar-refractivity contribution in [3.05, 3.63) is 69.8 Å². The van der Waals surface area contributed by atoms with Crippen molar-refractivity contribution in [1.29, 1.82) is 0 Å². The number of ketones is 1. The largest absolute Gasteiger partial charge is 0.465 e. The quantitative estimate of drug-likeness (QED) is 0.415. The van der Waals surface area contributed by atoms with Crippen molar-refractivity contribution in [2.24, 2.45) is 11.8 Å². The zero-order valence-corrected chi connectivity index (χ0v) is 20.4. The van der Waals surface area contributed by atoms with E-state index in [0.717, 1.165) is 36.0 Å². The van der Waals surface area contributed by atoms with Crippen molar-refractivity contribution in [1.82, 2.24) is 0 Å². The SMILES string of the molecule is COC(=O)c1ccc(C)c(C(=O)CC2CC2)c1.COC(=O)c1ccc(C)c(C(O)CC2CC2)c1. The van der Waals surface area contributed by atoms with Gasteiger partial charge in [0.1, 0.15) is 0 Å². The summed E-state index contributed by atoms with van der Waals surface area (Å²) in [6.07, 6.45) is 5.67. The van der Waals surface area contributed by atoms with Crippen LogP contribution in [0.2, 0.25) is 0 Å². The minimum atomic E-state index is -0.466. The predicted molar refractivity (Wildman–Crippen MR) is 129 cm³/mol. The minimum Gasteiger partial charge on any atom is -0.465 e. The molecule has 2 aliphatic carbocycles. The van der Waals surface area contributed by atoms with E-state index in [1.54, 1.807) is 30.3 Å². The molecule has 0 radical (unpaired) electrons. The molecule has 2 aromatic rings. The molecule has 0 aliphatic heterocycles. The van der Waals surface area contributed by atoms with Crippen molar-refractivity contribution in [2.75, 3.05) is 14.2 Å². The third-order valence-corrected chi connectivity index (χ3v) is 6.44. The van der Waals surface area contributed by atoms with Gasteiger partial charge in [-0.05, 0) is 85.9 Å². The molecule has 0 heterocycles. The minimum absolute atomic E-state index is 0.135. The molecule has 0 spiro atoms. The molecule has 2 aromatic carbocycles. The number of aliphatic hydroxyl groups is 1. The Bertz CT molecular complexity index is 1050. The van der Waals surface area contributed by atoms with E-state index in [1.807, 2.05) is 19.9 Å². The maximum Gasteiger partial charge on any atom is 0.337 e. The fourth-order valence-corrected chi connectivity index (χ4v) is 3.90. The molecule has 6 nitrogen and oxygen atoms in total. The second-order valence-electron chi connectivity index (χ2n) is 9.35. The first-order chi connectivity index (χ1) is 16.2. The summed E-state index contributed by atoms with van der Waals surface area (Å²) < 4.78 is 9.34. The van der Waals surface area contributed by atoms with Gasteiger partial charge in [0.05, 0.1) is 31.5 Å². The van der Waals surface area contributed by atoms with Crippen molar-refractivity contribution in [3.63, 3.8) is 0 Å². The number of benzene rings is 2. The average Bonchev–Trinajstić information content (AvgIpc) is 3.76. The number of hydrogen-bond donors (Lipinski definition) is 1. The summed E-state index contributed by atoms with van der Waals surface area (Å²) in [5.74, 6) is 0.598. The molecule has 34 heavy (non-hydrogen) atoms. The molecule has 0 amide bonds. The number of aliphatic hydroxyl groups excluding tert-OH is 1. The number of carbonyl (C=O) groups excluding carboxylic acids is 3. The first-order valence-electron chi connectivity index (χ1n) is 11.8. The van der Waals surface area contributed by atoms with E-state index in [-0.39, 0.29) is 11.8 Å². The van der Waals surface area contributed by atoms with Crippen LogP contribution >= 0.6 is 0 Å². The molecular weight excluding hydrogens is 432 g/mol. The Morgan fingerprint density at radius 3 is 1.91 bits per heavy atom. The second-order valence-corrected chi connectivity index (χ2v) is 9.35. The van der Waals surface area contributed by atoms with Crippen LogP contribution < -0.4 is 0 Å². The van der Waals surface area contributed by atoms with Gasteiger partial charge in [0.25, 0.3) is 0 Å². The van der Waals surface area contributed by atoms with Gasteiger partial charge in [-0.2, -0.15) is 0 Å². The van der Waals surface area contributed by atoms with Crippen LogP contribution in [0.15, 0.2) is 36.4 Å². The lowest BCUT2D eigenvalue weighted by Gasteiger charge is -2.14. The number of rotatable bonds is 8. The Morgan fingerprint density at radius 2 is 1.38 bits per heavy atom. The average molecular weight is 467 g/mol. The third-order valence-electron chi connectivity index (χ3n) is 6.44. The molecule has 1 N–H and O–H groups in total. The van der Waals surface area contributed by atoms with Gasteiger partial charge in [-0.3, -0.25) is 4.79 Å². The van der Waals surface area contributed by atoms with Gasteiger partial charge in [0, 0.05) is 12.0 Å². The van der Waals surface area contributed by atoms with Crippen molar-refractivity contribution >= 4 is 17.7 Å².